The molecule has 142 valence electrons. The van der Waals surface area contributed by atoms with Gasteiger partial charge in [0.25, 0.3) is 11.8 Å². The molecule has 4 atom stereocenters. The molecule has 2 amide bonds. The molecular weight excluding hydrogens is 332 g/mol. The van der Waals surface area contributed by atoms with Crippen molar-refractivity contribution in [3.05, 3.63) is 35.4 Å². The number of carbonyl (C=O) groups excluding carboxylic acids is 2. The third-order valence-electron chi connectivity index (χ3n) is 5.51. The first-order chi connectivity index (χ1) is 12.6. The minimum atomic E-state index is -0.536. The molecule has 0 spiro atoms. The summed E-state index contributed by atoms with van der Waals surface area (Å²) in [4.78, 5) is 25.4. The van der Waals surface area contributed by atoms with Gasteiger partial charge in [0.2, 0.25) is 0 Å². The van der Waals surface area contributed by atoms with Crippen LogP contribution in [0, 0.1) is 0 Å². The van der Waals surface area contributed by atoms with Crippen LogP contribution >= 0.6 is 0 Å². The van der Waals surface area contributed by atoms with E-state index >= 15 is 0 Å². The standard InChI is InChI=1S/C20H28N2O4/c23-17-11-5-3-9-15(17)21-19(25)13-7-1-2-8-14(13)20(26)22-16-10-4-6-12-18(16)24/h1-2,7-8,15-18,23-24H,3-6,9-12H2,(H,21,25)(H,22,26)/t15-,16+,17-,18-/m0/s1. The van der Waals surface area contributed by atoms with Gasteiger partial charge in [-0.3, -0.25) is 9.59 Å². The maximum Gasteiger partial charge on any atom is 0.252 e. The molecule has 2 aliphatic rings. The van der Waals surface area contributed by atoms with E-state index in [4.69, 9.17) is 0 Å². The van der Waals surface area contributed by atoms with E-state index < -0.39 is 12.2 Å². The van der Waals surface area contributed by atoms with Gasteiger partial charge in [-0.25, -0.2) is 0 Å². The van der Waals surface area contributed by atoms with Crippen LogP contribution in [0.25, 0.3) is 0 Å². The molecule has 0 saturated heterocycles. The normalized spacial score (nSPS) is 29.0. The van der Waals surface area contributed by atoms with Crippen molar-refractivity contribution in [2.24, 2.45) is 0 Å². The zero-order valence-electron chi connectivity index (χ0n) is 15.0. The number of hydrogen-bond donors (Lipinski definition) is 4. The molecule has 6 nitrogen and oxygen atoms in total. The van der Waals surface area contributed by atoms with Crippen LogP contribution < -0.4 is 10.6 Å². The lowest BCUT2D eigenvalue weighted by atomic mass is 9.91. The molecule has 1 aromatic rings. The number of nitrogens with one attached hydrogen (secondary N) is 2. The van der Waals surface area contributed by atoms with E-state index in [1.54, 1.807) is 24.3 Å². The average Bonchev–Trinajstić information content (AvgIpc) is 2.65. The Bertz CT molecular complexity index is 593. The first kappa shape index (κ1) is 18.9. The van der Waals surface area contributed by atoms with E-state index in [1.807, 2.05) is 0 Å². The van der Waals surface area contributed by atoms with Crippen molar-refractivity contribution in [2.45, 2.75) is 75.7 Å². The summed E-state index contributed by atoms with van der Waals surface area (Å²) in [6.07, 6.45) is 5.68. The highest BCUT2D eigenvalue weighted by Crippen LogP contribution is 2.21. The second-order valence-electron chi connectivity index (χ2n) is 7.41. The summed E-state index contributed by atoms with van der Waals surface area (Å²) < 4.78 is 0. The fourth-order valence-electron chi connectivity index (χ4n) is 3.93. The molecule has 2 saturated carbocycles. The lowest BCUT2D eigenvalue weighted by Crippen LogP contribution is -2.47. The Labute approximate surface area is 154 Å². The summed E-state index contributed by atoms with van der Waals surface area (Å²) >= 11 is 0. The molecule has 0 aromatic heterocycles. The van der Waals surface area contributed by atoms with Crippen molar-refractivity contribution >= 4 is 11.8 Å². The maximum atomic E-state index is 12.7. The van der Waals surface area contributed by atoms with Crippen molar-refractivity contribution in [3.8, 4) is 0 Å². The molecule has 0 unspecified atom stereocenters. The van der Waals surface area contributed by atoms with Gasteiger partial charge in [0.05, 0.1) is 35.4 Å². The predicted octanol–water partition coefficient (Wildman–Crippen LogP) is 1.75. The van der Waals surface area contributed by atoms with E-state index in [0.717, 1.165) is 38.5 Å². The van der Waals surface area contributed by atoms with Crippen LogP contribution in [-0.2, 0) is 0 Å². The van der Waals surface area contributed by atoms with Gasteiger partial charge in [-0.1, -0.05) is 37.8 Å². The van der Waals surface area contributed by atoms with Crippen molar-refractivity contribution in [2.75, 3.05) is 0 Å². The van der Waals surface area contributed by atoms with E-state index in [-0.39, 0.29) is 23.9 Å². The average molecular weight is 360 g/mol. The second kappa shape index (κ2) is 8.64. The van der Waals surface area contributed by atoms with Crippen LogP contribution in [0.3, 0.4) is 0 Å². The number of benzene rings is 1. The largest absolute Gasteiger partial charge is 0.391 e. The number of rotatable bonds is 4. The summed E-state index contributed by atoms with van der Waals surface area (Å²) in [6.45, 7) is 0. The summed E-state index contributed by atoms with van der Waals surface area (Å²) in [7, 11) is 0. The Morgan fingerprint density at radius 1 is 0.731 bits per heavy atom. The van der Waals surface area contributed by atoms with E-state index in [1.165, 1.54) is 0 Å². The van der Waals surface area contributed by atoms with Gasteiger partial charge in [-0.15, -0.1) is 0 Å². The van der Waals surface area contributed by atoms with Crippen LogP contribution in [0.15, 0.2) is 24.3 Å². The SMILES string of the molecule is O=C(N[C@H]1CCCC[C@@H]1O)c1ccccc1C(=O)N[C@@H]1CCCC[C@@H]1O. The minimum absolute atomic E-state index is 0.271. The zero-order valence-corrected chi connectivity index (χ0v) is 15.0. The Balaban J connectivity index is 1.70. The Morgan fingerprint density at radius 2 is 1.12 bits per heavy atom. The number of carbonyl (C=O) groups is 2. The third-order valence-corrected chi connectivity index (χ3v) is 5.51. The number of hydrogen-bond acceptors (Lipinski definition) is 4. The molecular formula is C20H28N2O4. The lowest BCUT2D eigenvalue weighted by molar-refractivity contribution is 0.0696. The topological polar surface area (TPSA) is 98.7 Å². The Kier molecular flexibility index (Phi) is 6.27. The summed E-state index contributed by atoms with van der Waals surface area (Å²) in [5.74, 6) is -0.684. The van der Waals surface area contributed by atoms with E-state index in [2.05, 4.69) is 10.6 Å². The first-order valence-corrected chi connectivity index (χ1v) is 9.63. The summed E-state index contributed by atoms with van der Waals surface area (Å²) in [5, 5.41) is 25.9. The van der Waals surface area contributed by atoms with Crippen molar-refractivity contribution < 1.29 is 19.8 Å². The van der Waals surface area contributed by atoms with Gasteiger partial charge in [-0.2, -0.15) is 0 Å². The molecule has 26 heavy (non-hydrogen) atoms. The smallest absolute Gasteiger partial charge is 0.252 e. The quantitative estimate of drug-likeness (QED) is 0.657. The van der Waals surface area contributed by atoms with Crippen LogP contribution in [0.4, 0.5) is 0 Å². The molecule has 6 heteroatoms. The zero-order chi connectivity index (χ0) is 18.5. The van der Waals surface area contributed by atoms with Gasteiger partial charge in [0.15, 0.2) is 0 Å². The molecule has 0 bridgehead atoms. The number of amides is 2. The Morgan fingerprint density at radius 3 is 1.50 bits per heavy atom. The summed E-state index contributed by atoms with van der Waals surface area (Å²) in [6, 6.07) is 6.14. The van der Waals surface area contributed by atoms with Crippen LogP contribution in [-0.4, -0.2) is 46.3 Å². The molecule has 0 heterocycles. The monoisotopic (exact) mass is 360 g/mol. The van der Waals surface area contributed by atoms with Gasteiger partial charge in [0.1, 0.15) is 0 Å². The third kappa shape index (κ3) is 4.43. The molecule has 2 aliphatic carbocycles. The maximum absolute atomic E-state index is 12.7. The van der Waals surface area contributed by atoms with Crippen LogP contribution in [0.2, 0.25) is 0 Å². The van der Waals surface area contributed by atoms with Gasteiger partial charge in [0, 0.05) is 0 Å². The molecule has 0 aliphatic heterocycles. The lowest BCUT2D eigenvalue weighted by Gasteiger charge is -2.29. The predicted molar refractivity (Wildman–Crippen MR) is 97.9 cm³/mol. The van der Waals surface area contributed by atoms with Crippen molar-refractivity contribution in [1.29, 1.82) is 0 Å². The Hall–Kier alpha value is -1.92. The molecule has 0 radical (unpaired) electrons. The minimum Gasteiger partial charge on any atom is -0.391 e. The van der Waals surface area contributed by atoms with Gasteiger partial charge in [-0.05, 0) is 37.8 Å². The molecule has 4 N–H and O–H groups in total. The van der Waals surface area contributed by atoms with Crippen molar-refractivity contribution in [3.63, 3.8) is 0 Å². The summed E-state index contributed by atoms with van der Waals surface area (Å²) in [5.41, 5.74) is 0.598. The molecule has 3 rings (SSSR count). The highest BCUT2D eigenvalue weighted by Gasteiger charge is 2.28. The van der Waals surface area contributed by atoms with Gasteiger partial charge < -0.3 is 20.8 Å². The van der Waals surface area contributed by atoms with E-state index in [0.29, 0.717) is 24.0 Å². The fourth-order valence-corrected chi connectivity index (χ4v) is 3.93. The second-order valence-corrected chi connectivity index (χ2v) is 7.41. The molecule has 1 aromatic carbocycles. The van der Waals surface area contributed by atoms with Gasteiger partial charge >= 0.3 is 0 Å². The highest BCUT2D eigenvalue weighted by molar-refractivity contribution is 6.07. The first-order valence-electron chi connectivity index (χ1n) is 9.63. The molecule has 2 fully saturated rings. The fraction of sp³-hybridized carbons (Fsp3) is 0.600. The van der Waals surface area contributed by atoms with Crippen LogP contribution in [0.5, 0.6) is 0 Å². The number of aliphatic hydroxyl groups is 2. The highest BCUT2D eigenvalue weighted by atomic mass is 16.3. The van der Waals surface area contributed by atoms with E-state index in [9.17, 15) is 19.8 Å². The van der Waals surface area contributed by atoms with Crippen LogP contribution in [0.1, 0.15) is 72.1 Å². The van der Waals surface area contributed by atoms with Crippen molar-refractivity contribution in [1.82, 2.24) is 10.6 Å². The number of aliphatic hydroxyl groups excluding tert-OH is 2.